The predicted octanol–water partition coefficient (Wildman–Crippen LogP) is 5.93. The van der Waals surface area contributed by atoms with Crippen molar-refractivity contribution in [1.29, 1.82) is 0 Å². The first kappa shape index (κ1) is 21.6. The van der Waals surface area contributed by atoms with Crippen LogP contribution in [0.3, 0.4) is 0 Å². The van der Waals surface area contributed by atoms with Gasteiger partial charge < -0.3 is 13.8 Å². The second-order valence-electron chi connectivity index (χ2n) is 5.77. The largest absolute Gasteiger partial charge is 0.497 e. The van der Waals surface area contributed by atoms with Gasteiger partial charge in [-0.05, 0) is 49.7 Å². The van der Waals surface area contributed by atoms with Gasteiger partial charge in [0, 0.05) is 17.0 Å². The number of Topliss-reactive ketones (excluding diaryl/α,β-unsaturated/α-hetero) is 1. The van der Waals surface area contributed by atoms with Crippen molar-refractivity contribution in [2.75, 3.05) is 20.3 Å². The molecule has 0 radical (unpaired) electrons. The number of rotatable bonds is 10. The Balaban J connectivity index is 2.41. The SMILES string of the molecule is CCOP(=O)(OCC)[C@@H](CC(=O)c1ccc(OC)cc1)c1ccccc1Cl. The van der Waals surface area contributed by atoms with Gasteiger partial charge in [0.05, 0.1) is 26.0 Å². The third-order valence-electron chi connectivity index (χ3n) is 4.05. The first-order valence-electron chi connectivity index (χ1n) is 8.75. The zero-order valence-corrected chi connectivity index (χ0v) is 17.3. The summed E-state index contributed by atoms with van der Waals surface area (Å²) >= 11 is 6.33. The normalized spacial score (nSPS) is 12.6. The monoisotopic (exact) mass is 410 g/mol. The number of carbonyl (C=O) groups is 1. The number of methoxy groups -OCH3 is 1. The fraction of sp³-hybridized carbons (Fsp3) is 0.350. The van der Waals surface area contributed by atoms with Gasteiger partial charge in [-0.1, -0.05) is 29.8 Å². The molecule has 0 heterocycles. The number of hydrogen-bond acceptors (Lipinski definition) is 5. The van der Waals surface area contributed by atoms with Crippen LogP contribution in [0, 0.1) is 0 Å². The molecule has 0 aliphatic rings. The van der Waals surface area contributed by atoms with Crippen LogP contribution in [-0.4, -0.2) is 26.1 Å². The van der Waals surface area contributed by atoms with Crippen LogP contribution in [0.25, 0.3) is 0 Å². The minimum Gasteiger partial charge on any atom is -0.497 e. The summed E-state index contributed by atoms with van der Waals surface area (Å²) < 4.78 is 29.6. The lowest BCUT2D eigenvalue weighted by atomic mass is 10.0. The Morgan fingerprint density at radius 1 is 1.04 bits per heavy atom. The molecule has 0 aliphatic carbocycles. The Morgan fingerprint density at radius 2 is 1.63 bits per heavy atom. The molecule has 27 heavy (non-hydrogen) atoms. The molecule has 2 rings (SSSR count). The molecular formula is C20H24ClO5P. The summed E-state index contributed by atoms with van der Waals surface area (Å²) in [5, 5.41) is 0.421. The maximum Gasteiger partial charge on any atom is 0.338 e. The van der Waals surface area contributed by atoms with Crippen LogP contribution >= 0.6 is 19.2 Å². The number of benzene rings is 2. The van der Waals surface area contributed by atoms with Crippen LogP contribution in [0.1, 0.15) is 41.8 Å². The second-order valence-corrected chi connectivity index (χ2v) is 8.40. The number of ether oxygens (including phenoxy) is 1. The van der Waals surface area contributed by atoms with E-state index in [-0.39, 0.29) is 25.4 Å². The highest BCUT2D eigenvalue weighted by Crippen LogP contribution is 2.63. The van der Waals surface area contributed by atoms with E-state index in [0.29, 0.717) is 21.9 Å². The minimum atomic E-state index is -3.60. The first-order chi connectivity index (χ1) is 12.9. The van der Waals surface area contributed by atoms with Crippen molar-refractivity contribution >= 4 is 25.0 Å². The van der Waals surface area contributed by atoms with E-state index in [0.717, 1.165) is 0 Å². The average molecular weight is 411 g/mol. The fourth-order valence-corrected chi connectivity index (χ4v) is 5.24. The van der Waals surface area contributed by atoms with Crippen LogP contribution < -0.4 is 4.74 Å². The molecule has 0 N–H and O–H groups in total. The number of halogens is 1. The molecule has 0 aliphatic heterocycles. The van der Waals surface area contributed by atoms with E-state index < -0.39 is 13.3 Å². The van der Waals surface area contributed by atoms with Gasteiger partial charge in [0.15, 0.2) is 5.78 Å². The molecule has 0 amide bonds. The molecule has 2 aromatic carbocycles. The minimum absolute atomic E-state index is 0.0483. The van der Waals surface area contributed by atoms with Crippen LogP contribution in [0.4, 0.5) is 0 Å². The van der Waals surface area contributed by atoms with Gasteiger partial charge in [-0.25, -0.2) is 0 Å². The van der Waals surface area contributed by atoms with E-state index in [1.807, 2.05) is 0 Å². The van der Waals surface area contributed by atoms with E-state index in [4.69, 9.17) is 25.4 Å². The Morgan fingerprint density at radius 3 is 2.15 bits per heavy atom. The van der Waals surface area contributed by atoms with Gasteiger partial charge in [0.2, 0.25) is 0 Å². The third-order valence-corrected chi connectivity index (χ3v) is 6.86. The lowest BCUT2D eigenvalue weighted by Gasteiger charge is -2.27. The average Bonchev–Trinajstić information content (AvgIpc) is 2.67. The van der Waals surface area contributed by atoms with Gasteiger partial charge in [-0.3, -0.25) is 9.36 Å². The Hall–Kier alpha value is -1.65. The van der Waals surface area contributed by atoms with Gasteiger partial charge >= 0.3 is 7.60 Å². The van der Waals surface area contributed by atoms with Crippen molar-refractivity contribution in [3.63, 3.8) is 0 Å². The highest BCUT2D eigenvalue weighted by Gasteiger charge is 2.39. The molecule has 0 aromatic heterocycles. The zero-order chi connectivity index (χ0) is 19.9. The molecular weight excluding hydrogens is 387 g/mol. The summed E-state index contributed by atoms with van der Waals surface area (Å²) in [5.41, 5.74) is 0.277. The lowest BCUT2D eigenvalue weighted by molar-refractivity contribution is 0.0973. The molecule has 146 valence electrons. The molecule has 7 heteroatoms. The van der Waals surface area contributed by atoms with Gasteiger partial charge in [-0.2, -0.15) is 0 Å². The van der Waals surface area contributed by atoms with Crippen LogP contribution in [-0.2, 0) is 13.6 Å². The maximum absolute atomic E-state index is 13.5. The molecule has 2 aromatic rings. The van der Waals surface area contributed by atoms with E-state index in [9.17, 15) is 9.36 Å². The molecule has 1 atom stereocenters. The Kier molecular flexibility index (Phi) is 8.06. The first-order valence-corrected chi connectivity index (χ1v) is 10.7. The smallest absolute Gasteiger partial charge is 0.338 e. The lowest BCUT2D eigenvalue weighted by Crippen LogP contribution is -2.12. The number of carbonyl (C=O) groups excluding carboxylic acids is 1. The van der Waals surface area contributed by atoms with Crippen molar-refractivity contribution in [3.05, 3.63) is 64.7 Å². The van der Waals surface area contributed by atoms with Crippen molar-refractivity contribution in [2.24, 2.45) is 0 Å². The topological polar surface area (TPSA) is 61.8 Å². The van der Waals surface area contributed by atoms with Crippen LogP contribution in [0.5, 0.6) is 5.75 Å². The second kappa shape index (κ2) is 10.0. The fourth-order valence-electron chi connectivity index (χ4n) is 2.78. The van der Waals surface area contributed by atoms with Crippen LogP contribution in [0.2, 0.25) is 5.02 Å². The molecule has 0 bridgehead atoms. The standard InChI is InChI=1S/C20H24ClO5P/c1-4-25-27(23,26-5-2)20(17-8-6-7-9-18(17)21)14-19(22)15-10-12-16(24-3)13-11-15/h6-13,20H,4-5,14H2,1-3H3/t20-/m0/s1. The predicted molar refractivity (Wildman–Crippen MR) is 107 cm³/mol. The molecule has 0 unspecified atom stereocenters. The van der Waals surface area contributed by atoms with E-state index >= 15 is 0 Å². The highest BCUT2D eigenvalue weighted by atomic mass is 35.5. The summed E-state index contributed by atoms with van der Waals surface area (Å²) in [6, 6.07) is 13.8. The van der Waals surface area contributed by atoms with E-state index in [1.165, 1.54) is 0 Å². The Labute approximate surface area is 165 Å². The molecule has 5 nitrogen and oxygen atoms in total. The van der Waals surface area contributed by atoms with Gasteiger partial charge in [-0.15, -0.1) is 0 Å². The third kappa shape index (κ3) is 5.43. The number of ketones is 1. The van der Waals surface area contributed by atoms with Crippen molar-refractivity contribution < 1.29 is 23.1 Å². The Bertz CT molecular complexity index is 796. The van der Waals surface area contributed by atoms with Crippen molar-refractivity contribution in [3.8, 4) is 5.75 Å². The summed E-state index contributed by atoms with van der Waals surface area (Å²) in [6.07, 6.45) is -0.0483. The molecule has 0 saturated heterocycles. The zero-order valence-electron chi connectivity index (χ0n) is 15.7. The highest BCUT2D eigenvalue weighted by molar-refractivity contribution is 7.54. The number of hydrogen-bond donors (Lipinski definition) is 0. The van der Waals surface area contributed by atoms with Crippen molar-refractivity contribution in [1.82, 2.24) is 0 Å². The van der Waals surface area contributed by atoms with Crippen LogP contribution in [0.15, 0.2) is 48.5 Å². The molecule has 0 spiro atoms. The van der Waals surface area contributed by atoms with Gasteiger partial charge in [0.25, 0.3) is 0 Å². The van der Waals surface area contributed by atoms with E-state index in [2.05, 4.69) is 0 Å². The maximum atomic E-state index is 13.5. The summed E-state index contributed by atoms with van der Waals surface area (Å²) in [4.78, 5) is 12.9. The van der Waals surface area contributed by atoms with Crippen molar-refractivity contribution in [2.45, 2.75) is 25.9 Å². The summed E-state index contributed by atoms with van der Waals surface area (Å²) in [6.45, 7) is 3.88. The summed E-state index contributed by atoms with van der Waals surface area (Å²) in [5.74, 6) is 0.478. The van der Waals surface area contributed by atoms with Gasteiger partial charge in [0.1, 0.15) is 5.75 Å². The quantitative estimate of drug-likeness (QED) is 0.359. The molecule has 0 fully saturated rings. The molecule has 0 saturated carbocycles. The van der Waals surface area contributed by atoms with E-state index in [1.54, 1.807) is 69.5 Å². The summed E-state index contributed by atoms with van der Waals surface area (Å²) in [7, 11) is -2.04.